The molecule has 73 heavy (non-hydrogen) atoms. The van der Waals surface area contributed by atoms with E-state index in [1.54, 1.807) is 16.9 Å². The normalized spacial score (nSPS) is 20.8. The van der Waals surface area contributed by atoms with Crippen LogP contribution in [0.25, 0.3) is 0 Å². The third kappa shape index (κ3) is 9.42. The third-order valence-electron chi connectivity index (χ3n) is 15.2. The number of carbonyl (C=O) groups excluding carboxylic acids is 4. The van der Waals surface area contributed by atoms with Crippen molar-refractivity contribution in [1.29, 1.82) is 0 Å². The van der Waals surface area contributed by atoms with Gasteiger partial charge >= 0.3 is 0 Å². The number of nitrogens with zero attached hydrogens (tertiary/aromatic N) is 6. The number of hydrazone groups is 2. The monoisotopic (exact) mass is 992 g/mol. The number of hydrogen-bond acceptors (Lipinski definition) is 9. The number of benzene rings is 6. The van der Waals surface area contributed by atoms with E-state index in [0.29, 0.717) is 48.4 Å². The molecule has 4 heterocycles. The van der Waals surface area contributed by atoms with Gasteiger partial charge in [-0.2, -0.15) is 10.2 Å². The Kier molecular flexibility index (Phi) is 13.8. The number of methoxy groups -OCH3 is 1. The van der Waals surface area contributed by atoms with Crippen LogP contribution < -0.4 is 24.8 Å². The molecule has 13 nitrogen and oxygen atoms in total. The van der Waals surface area contributed by atoms with Crippen molar-refractivity contribution in [2.45, 2.75) is 82.5 Å². The topological polar surface area (TPSA) is 145 Å². The number of aliphatic hydroxyl groups excluding tert-OH is 1. The highest BCUT2D eigenvalue weighted by atomic mass is 28.3. The van der Waals surface area contributed by atoms with Gasteiger partial charge in [0.1, 0.15) is 5.75 Å². The van der Waals surface area contributed by atoms with Crippen molar-refractivity contribution in [3.05, 3.63) is 186 Å². The summed E-state index contributed by atoms with van der Waals surface area (Å²) in [6.07, 6.45) is 0.806. The van der Waals surface area contributed by atoms with Gasteiger partial charge in [-0.1, -0.05) is 140 Å². The minimum atomic E-state index is -2.72. The Bertz CT molecular complexity index is 3100. The summed E-state index contributed by atoms with van der Waals surface area (Å²) in [6.45, 7) is 6.94. The Labute approximate surface area is 427 Å². The fraction of sp³-hybridized carbons (Fsp3) is 0.288. The second-order valence-electron chi connectivity index (χ2n) is 19.9. The first-order chi connectivity index (χ1) is 35.4. The molecular formula is C59H60N6O7Si. The van der Waals surface area contributed by atoms with E-state index in [1.807, 2.05) is 146 Å². The summed E-state index contributed by atoms with van der Waals surface area (Å²) in [5, 5.41) is 24.0. The number of aliphatic hydroxyl groups is 1. The van der Waals surface area contributed by atoms with Crippen LogP contribution in [0, 0.1) is 5.92 Å². The number of amides is 4. The second kappa shape index (κ2) is 20.5. The van der Waals surface area contributed by atoms with Crippen LogP contribution >= 0.6 is 0 Å². The molecule has 4 aliphatic heterocycles. The first kappa shape index (κ1) is 49.1. The molecule has 0 radical (unpaired) electrons. The molecule has 1 fully saturated rings. The number of carbonyl (C=O) groups is 4. The average Bonchev–Trinajstić information content (AvgIpc) is 3.86. The van der Waals surface area contributed by atoms with Crippen LogP contribution in [0.3, 0.4) is 0 Å². The Morgan fingerprint density at radius 3 is 1.89 bits per heavy atom. The molecule has 4 aliphatic rings. The smallest absolute Gasteiger partial charge is 0.264 e. The van der Waals surface area contributed by atoms with Gasteiger partial charge in [0.25, 0.3) is 5.91 Å². The molecule has 6 aromatic carbocycles. The van der Waals surface area contributed by atoms with E-state index in [-0.39, 0.29) is 61.7 Å². The molecule has 1 N–H and O–H groups in total. The molecular weight excluding hydrogens is 933 g/mol. The number of ether oxygens (including phenoxy) is 2. The van der Waals surface area contributed by atoms with E-state index >= 15 is 4.79 Å². The predicted molar refractivity (Wildman–Crippen MR) is 287 cm³/mol. The fourth-order valence-corrected chi connectivity index (χ4v) is 15.5. The number of rotatable bonds is 15. The summed E-state index contributed by atoms with van der Waals surface area (Å²) < 4.78 is 13.1. The summed E-state index contributed by atoms with van der Waals surface area (Å²) >= 11 is 0. The molecule has 1 spiro atoms. The molecule has 10 rings (SSSR count). The minimum absolute atomic E-state index is 0.0365. The van der Waals surface area contributed by atoms with Crippen LogP contribution in [0.15, 0.2) is 168 Å². The molecule has 0 unspecified atom stereocenters. The van der Waals surface area contributed by atoms with Gasteiger partial charge in [-0.15, -0.1) is 0 Å². The van der Waals surface area contributed by atoms with E-state index in [0.717, 1.165) is 44.6 Å². The van der Waals surface area contributed by atoms with Crippen LogP contribution in [0.2, 0.25) is 18.6 Å². The van der Waals surface area contributed by atoms with E-state index in [1.165, 1.54) is 10.0 Å². The molecule has 1 saturated heterocycles. The molecule has 14 heteroatoms. The average molecular weight is 993 g/mol. The van der Waals surface area contributed by atoms with Gasteiger partial charge in [-0.05, 0) is 70.3 Å². The first-order valence-corrected chi connectivity index (χ1v) is 28.2. The molecule has 0 aliphatic carbocycles. The fourth-order valence-electron chi connectivity index (χ4n) is 11.5. The molecule has 0 aromatic heterocycles. The second-order valence-corrected chi connectivity index (χ2v) is 24.6. The van der Waals surface area contributed by atoms with Gasteiger partial charge in [0, 0.05) is 50.3 Å². The largest absolute Gasteiger partial charge is 0.497 e. The Balaban J connectivity index is 1.08. The summed E-state index contributed by atoms with van der Waals surface area (Å²) in [4.78, 5) is 61.8. The quantitative estimate of drug-likeness (QED) is 0.101. The highest BCUT2D eigenvalue weighted by Crippen LogP contribution is 2.61. The lowest BCUT2D eigenvalue weighted by atomic mass is 9.82. The number of anilines is 3. The minimum Gasteiger partial charge on any atom is -0.497 e. The summed E-state index contributed by atoms with van der Waals surface area (Å²) in [6, 6.07) is 50.6. The van der Waals surface area contributed by atoms with Gasteiger partial charge in [-0.25, -0.2) is 10.0 Å². The third-order valence-corrected chi connectivity index (χ3v) is 19.5. The van der Waals surface area contributed by atoms with Gasteiger partial charge in [-0.3, -0.25) is 19.2 Å². The van der Waals surface area contributed by atoms with E-state index in [9.17, 15) is 19.5 Å². The zero-order valence-electron chi connectivity index (χ0n) is 41.7. The van der Waals surface area contributed by atoms with Gasteiger partial charge in [0.05, 0.1) is 69.3 Å². The van der Waals surface area contributed by atoms with Crippen molar-refractivity contribution < 1.29 is 33.8 Å². The van der Waals surface area contributed by atoms with Crippen LogP contribution in [-0.2, 0) is 42.6 Å². The molecule has 4 atom stereocenters. The van der Waals surface area contributed by atoms with Crippen molar-refractivity contribution >= 4 is 65.4 Å². The lowest BCUT2D eigenvalue weighted by Gasteiger charge is -2.37. The lowest BCUT2D eigenvalue weighted by Crippen LogP contribution is -2.52. The lowest BCUT2D eigenvalue weighted by molar-refractivity contribution is -0.150. The Morgan fingerprint density at radius 2 is 1.30 bits per heavy atom. The van der Waals surface area contributed by atoms with Crippen molar-refractivity contribution in [3.63, 3.8) is 0 Å². The molecule has 0 saturated carbocycles. The van der Waals surface area contributed by atoms with Gasteiger partial charge in [0.15, 0.2) is 5.60 Å². The standard InChI is InChI=1S/C59H60N6O7Si/c1-40-57(73(3,4)48-26-24-47(71-2)25-27-48)53(37-56(69)62(33-34-66)38-41-15-8-5-9-16-41)72-59(40)49-36-46(65-55(68)32-29-51(61-65)44-20-12-7-13-21-44)23-30-52(49)63(58(59)70)39-42-17-14-22-45(35-42)64-54(67)31-28-50(60-64)43-18-10-6-11-19-43/h5-27,30,35-36,40,53,57,66H,28-29,31-34,37-39H2,1-4H3/t40-,53+,57-,59+/m1/s1. The van der Waals surface area contributed by atoms with Crippen LogP contribution in [0.5, 0.6) is 5.75 Å². The van der Waals surface area contributed by atoms with Crippen molar-refractivity contribution in [2.24, 2.45) is 16.1 Å². The Hall–Kier alpha value is -7.52. The Morgan fingerprint density at radius 1 is 0.726 bits per heavy atom. The maximum atomic E-state index is 16.1. The van der Waals surface area contributed by atoms with E-state index in [4.69, 9.17) is 19.7 Å². The van der Waals surface area contributed by atoms with Gasteiger partial charge < -0.3 is 24.4 Å². The summed E-state index contributed by atoms with van der Waals surface area (Å²) in [5.41, 5.74) is 5.56. The predicted octanol–water partition coefficient (Wildman–Crippen LogP) is 8.93. The summed E-state index contributed by atoms with van der Waals surface area (Å²) in [5.74, 6) is -0.541. The molecule has 6 aromatic rings. The van der Waals surface area contributed by atoms with Crippen LogP contribution in [-0.4, -0.2) is 79.5 Å². The van der Waals surface area contributed by atoms with E-state index < -0.39 is 25.7 Å². The van der Waals surface area contributed by atoms with Crippen LogP contribution in [0.1, 0.15) is 66.8 Å². The first-order valence-electron chi connectivity index (χ1n) is 25.1. The highest BCUT2D eigenvalue weighted by Gasteiger charge is 2.66. The van der Waals surface area contributed by atoms with Crippen molar-refractivity contribution in [3.8, 4) is 5.75 Å². The van der Waals surface area contributed by atoms with E-state index in [2.05, 4.69) is 32.2 Å². The highest BCUT2D eigenvalue weighted by molar-refractivity contribution is 6.91. The zero-order valence-corrected chi connectivity index (χ0v) is 42.7. The number of fused-ring (bicyclic) bond motifs is 2. The summed E-state index contributed by atoms with van der Waals surface area (Å²) in [7, 11) is -1.08. The van der Waals surface area contributed by atoms with Crippen molar-refractivity contribution in [2.75, 3.05) is 35.2 Å². The maximum absolute atomic E-state index is 16.1. The molecule has 372 valence electrons. The molecule has 4 amide bonds. The van der Waals surface area contributed by atoms with Crippen molar-refractivity contribution in [1.82, 2.24) is 4.90 Å². The SMILES string of the molecule is COc1ccc([Si](C)(C)[C@H]2[C@H](CC(=O)N(CCO)Cc3ccccc3)O[C@@]3(C(=O)N(Cc4cccc(N5N=C(c6ccccc6)CCC5=O)c4)c4ccc(N5N=C(c6ccccc6)CCC5=O)cc43)[C@@H]2C)cc1. The number of hydrogen-bond donors (Lipinski definition) is 1. The zero-order chi connectivity index (χ0) is 50.9. The maximum Gasteiger partial charge on any atom is 0.264 e. The van der Waals surface area contributed by atoms with Crippen LogP contribution in [0.4, 0.5) is 17.1 Å². The molecule has 0 bridgehead atoms. The van der Waals surface area contributed by atoms with Gasteiger partial charge in [0.2, 0.25) is 17.7 Å².